The summed E-state index contributed by atoms with van der Waals surface area (Å²) < 4.78 is 27.7. The van der Waals surface area contributed by atoms with Crippen molar-refractivity contribution in [2.75, 3.05) is 23.8 Å². The number of thioether (sulfide) groups is 1. The minimum Gasteiger partial charge on any atom is -0.468 e. The molecule has 0 bridgehead atoms. The normalized spacial score (nSPS) is 23.0. The van der Waals surface area contributed by atoms with Crippen LogP contribution in [0.15, 0.2) is 21.6 Å². The Morgan fingerprint density at radius 1 is 1.59 bits per heavy atom. The molecule has 1 unspecified atom stereocenters. The molecule has 1 aliphatic heterocycles. The summed E-state index contributed by atoms with van der Waals surface area (Å²) in [4.78, 5) is 1.16. The van der Waals surface area contributed by atoms with Crippen molar-refractivity contribution < 1.29 is 12.8 Å². The molecule has 4 nitrogen and oxygen atoms in total. The van der Waals surface area contributed by atoms with Crippen LogP contribution in [0.3, 0.4) is 0 Å². The lowest BCUT2D eigenvalue weighted by atomic mass is 10.3. The van der Waals surface area contributed by atoms with E-state index in [4.69, 9.17) is 4.42 Å². The molecule has 6 heteroatoms. The van der Waals surface area contributed by atoms with Crippen molar-refractivity contribution in [3.8, 4) is 0 Å². The molecule has 1 atom stereocenters. The zero-order chi connectivity index (χ0) is 12.3. The van der Waals surface area contributed by atoms with E-state index in [1.54, 1.807) is 18.0 Å². The van der Waals surface area contributed by atoms with E-state index in [1.165, 1.54) is 0 Å². The minimum atomic E-state index is -2.77. The first-order chi connectivity index (χ1) is 8.07. The van der Waals surface area contributed by atoms with Crippen molar-refractivity contribution in [1.29, 1.82) is 0 Å². The number of nitrogens with one attached hydrogen (secondary N) is 1. The molecule has 0 aliphatic carbocycles. The zero-order valence-electron chi connectivity index (χ0n) is 9.81. The molecule has 2 rings (SSSR count). The van der Waals surface area contributed by atoms with Crippen molar-refractivity contribution >= 4 is 21.6 Å². The van der Waals surface area contributed by atoms with Gasteiger partial charge in [0.15, 0.2) is 9.84 Å². The van der Waals surface area contributed by atoms with E-state index in [1.807, 2.05) is 13.0 Å². The maximum atomic E-state index is 11.2. The number of rotatable bonds is 5. The Kier molecular flexibility index (Phi) is 4.17. The number of hydrogen-bond acceptors (Lipinski definition) is 5. The smallest absolute Gasteiger partial charge is 0.151 e. The van der Waals surface area contributed by atoms with Gasteiger partial charge in [0.25, 0.3) is 0 Å². The minimum absolute atomic E-state index is 0.144. The summed E-state index contributed by atoms with van der Waals surface area (Å²) in [6, 6.07) is 2.10. The highest BCUT2D eigenvalue weighted by Gasteiger charge is 2.26. The molecule has 0 spiro atoms. The largest absolute Gasteiger partial charge is 0.468 e. The van der Waals surface area contributed by atoms with Crippen molar-refractivity contribution in [1.82, 2.24) is 5.32 Å². The molecule has 1 aliphatic rings. The van der Waals surface area contributed by atoms with Crippen LogP contribution in [-0.4, -0.2) is 38.3 Å². The SMILES string of the molecule is Cc1occc1SCCNC1CCS(=O)(=O)C1. The van der Waals surface area contributed by atoms with Crippen LogP contribution in [0.5, 0.6) is 0 Å². The predicted octanol–water partition coefficient (Wildman–Crippen LogP) is 1.46. The van der Waals surface area contributed by atoms with Crippen LogP contribution in [0.25, 0.3) is 0 Å². The van der Waals surface area contributed by atoms with Gasteiger partial charge in [0, 0.05) is 23.2 Å². The zero-order valence-corrected chi connectivity index (χ0v) is 11.4. The monoisotopic (exact) mass is 275 g/mol. The van der Waals surface area contributed by atoms with Gasteiger partial charge >= 0.3 is 0 Å². The molecule has 17 heavy (non-hydrogen) atoms. The first kappa shape index (κ1) is 13.0. The molecule has 2 heterocycles. The molecule has 96 valence electrons. The second-order valence-electron chi connectivity index (χ2n) is 4.24. The van der Waals surface area contributed by atoms with Crippen LogP contribution < -0.4 is 5.32 Å². The lowest BCUT2D eigenvalue weighted by molar-refractivity contribution is 0.527. The molecular formula is C11H17NO3S2. The molecule has 1 N–H and O–H groups in total. The van der Waals surface area contributed by atoms with Gasteiger partial charge in [-0.3, -0.25) is 0 Å². The highest BCUT2D eigenvalue weighted by atomic mass is 32.2. The lowest BCUT2D eigenvalue weighted by Gasteiger charge is -2.09. The van der Waals surface area contributed by atoms with E-state index in [0.717, 1.165) is 29.4 Å². The molecule has 1 aromatic rings. The fourth-order valence-electron chi connectivity index (χ4n) is 1.90. The summed E-state index contributed by atoms with van der Waals surface area (Å²) in [5.41, 5.74) is 0. The van der Waals surface area contributed by atoms with Gasteiger partial charge in [0.05, 0.1) is 17.8 Å². The van der Waals surface area contributed by atoms with Crippen molar-refractivity contribution in [2.24, 2.45) is 0 Å². The number of furan rings is 1. The Morgan fingerprint density at radius 3 is 3.00 bits per heavy atom. The summed E-state index contributed by atoms with van der Waals surface area (Å²) >= 11 is 1.73. The average molecular weight is 275 g/mol. The van der Waals surface area contributed by atoms with E-state index >= 15 is 0 Å². The van der Waals surface area contributed by atoms with E-state index < -0.39 is 9.84 Å². The highest BCUT2D eigenvalue weighted by Crippen LogP contribution is 2.22. The number of aryl methyl sites for hydroxylation is 1. The van der Waals surface area contributed by atoms with E-state index in [2.05, 4.69) is 5.32 Å². The van der Waals surface area contributed by atoms with Crippen molar-refractivity contribution in [3.05, 3.63) is 18.1 Å². The highest BCUT2D eigenvalue weighted by molar-refractivity contribution is 7.99. The predicted molar refractivity (Wildman–Crippen MR) is 69.2 cm³/mol. The first-order valence-corrected chi connectivity index (χ1v) is 8.48. The number of hydrogen-bond donors (Lipinski definition) is 1. The first-order valence-electron chi connectivity index (χ1n) is 5.67. The standard InChI is InChI=1S/C11H17NO3S2/c1-9-11(2-5-15-9)16-6-4-12-10-3-7-17(13,14)8-10/h2,5,10,12H,3-4,6-8H2,1H3. The van der Waals surface area contributed by atoms with Gasteiger partial charge in [0.1, 0.15) is 5.76 Å². The van der Waals surface area contributed by atoms with Gasteiger partial charge in [-0.05, 0) is 19.4 Å². The Bertz CT molecular complexity index is 467. The molecule has 0 radical (unpaired) electrons. The van der Waals surface area contributed by atoms with E-state index in [0.29, 0.717) is 11.5 Å². The maximum absolute atomic E-state index is 11.2. The number of sulfone groups is 1. The molecule has 0 aromatic carbocycles. The van der Waals surface area contributed by atoms with Crippen LogP contribution in [0.2, 0.25) is 0 Å². The summed E-state index contributed by atoms with van der Waals surface area (Å²) in [6.07, 6.45) is 2.44. The third kappa shape index (κ3) is 3.76. The van der Waals surface area contributed by atoms with Gasteiger partial charge in [-0.25, -0.2) is 8.42 Å². The van der Waals surface area contributed by atoms with Crippen LogP contribution in [-0.2, 0) is 9.84 Å². The quantitative estimate of drug-likeness (QED) is 0.651. The summed E-state index contributed by atoms with van der Waals surface area (Å²) in [7, 11) is -2.77. The van der Waals surface area contributed by atoms with Crippen LogP contribution in [0, 0.1) is 6.92 Å². The molecule has 1 fully saturated rings. The lowest BCUT2D eigenvalue weighted by Crippen LogP contribution is -2.31. The maximum Gasteiger partial charge on any atom is 0.151 e. The van der Waals surface area contributed by atoms with E-state index in [-0.39, 0.29) is 6.04 Å². The molecule has 0 saturated carbocycles. The Morgan fingerprint density at radius 2 is 2.41 bits per heavy atom. The summed E-state index contributed by atoms with van der Waals surface area (Å²) in [5, 5.41) is 3.29. The molecular weight excluding hydrogens is 258 g/mol. The summed E-state index contributed by atoms with van der Waals surface area (Å²) in [5.74, 6) is 2.50. The average Bonchev–Trinajstić information content (AvgIpc) is 2.80. The topological polar surface area (TPSA) is 59.3 Å². The van der Waals surface area contributed by atoms with Gasteiger partial charge in [-0.1, -0.05) is 0 Å². The fraction of sp³-hybridized carbons (Fsp3) is 0.636. The van der Waals surface area contributed by atoms with Gasteiger partial charge in [0.2, 0.25) is 0 Å². The Balaban J connectivity index is 1.66. The molecule has 0 amide bonds. The molecule has 1 saturated heterocycles. The van der Waals surface area contributed by atoms with E-state index in [9.17, 15) is 8.42 Å². The van der Waals surface area contributed by atoms with Crippen LogP contribution in [0.4, 0.5) is 0 Å². The van der Waals surface area contributed by atoms with Crippen molar-refractivity contribution in [3.63, 3.8) is 0 Å². The van der Waals surface area contributed by atoms with Gasteiger partial charge in [-0.2, -0.15) is 0 Å². The Hall–Kier alpha value is -0.460. The van der Waals surface area contributed by atoms with Crippen LogP contribution >= 0.6 is 11.8 Å². The van der Waals surface area contributed by atoms with Gasteiger partial charge in [-0.15, -0.1) is 11.8 Å². The second kappa shape index (κ2) is 5.46. The van der Waals surface area contributed by atoms with Crippen molar-refractivity contribution in [2.45, 2.75) is 24.3 Å². The van der Waals surface area contributed by atoms with Crippen LogP contribution in [0.1, 0.15) is 12.2 Å². The summed E-state index contributed by atoms with van der Waals surface area (Å²) in [6.45, 7) is 2.77. The van der Waals surface area contributed by atoms with Gasteiger partial charge < -0.3 is 9.73 Å². The fourth-order valence-corrected chi connectivity index (χ4v) is 4.45. The third-order valence-corrected chi connectivity index (χ3v) is 5.75. The third-order valence-electron chi connectivity index (χ3n) is 2.84. The Labute approximate surface area is 106 Å². The molecule has 1 aromatic heterocycles. The second-order valence-corrected chi connectivity index (χ2v) is 7.61.